The zero-order chi connectivity index (χ0) is 18.5. The Morgan fingerprint density at radius 1 is 1.23 bits per heavy atom. The Morgan fingerprint density at radius 3 is 2.65 bits per heavy atom. The van der Waals surface area contributed by atoms with Gasteiger partial charge in [0.05, 0.1) is 24.7 Å². The van der Waals surface area contributed by atoms with Crippen molar-refractivity contribution in [2.24, 2.45) is 5.92 Å². The molecule has 8 heteroatoms. The van der Waals surface area contributed by atoms with Gasteiger partial charge in [-0.1, -0.05) is 0 Å². The van der Waals surface area contributed by atoms with E-state index in [2.05, 4.69) is 4.90 Å². The van der Waals surface area contributed by atoms with Gasteiger partial charge in [-0.25, -0.2) is 12.8 Å². The number of rotatable bonds is 4. The molecule has 0 spiro atoms. The summed E-state index contributed by atoms with van der Waals surface area (Å²) in [6, 6.07) is 3.81. The molecule has 2 unspecified atom stereocenters. The van der Waals surface area contributed by atoms with Crippen LogP contribution < -0.4 is 4.74 Å². The van der Waals surface area contributed by atoms with E-state index in [0.29, 0.717) is 30.9 Å². The summed E-state index contributed by atoms with van der Waals surface area (Å²) in [5.74, 6) is 0.476. The average molecular weight is 382 g/mol. The van der Waals surface area contributed by atoms with E-state index in [0.717, 1.165) is 12.8 Å². The van der Waals surface area contributed by atoms with E-state index in [9.17, 15) is 17.6 Å². The molecular formula is C18H23FN2O4S. The average Bonchev–Trinajstić information content (AvgIpc) is 3.37. The Morgan fingerprint density at radius 2 is 1.96 bits per heavy atom. The number of amides is 1. The van der Waals surface area contributed by atoms with Gasteiger partial charge in [0.25, 0.3) is 0 Å². The van der Waals surface area contributed by atoms with Crippen LogP contribution in [0.25, 0.3) is 0 Å². The molecule has 3 fully saturated rings. The number of hydrogen-bond donors (Lipinski definition) is 0. The van der Waals surface area contributed by atoms with E-state index in [1.807, 2.05) is 0 Å². The Kier molecular flexibility index (Phi) is 4.43. The molecule has 2 saturated heterocycles. The van der Waals surface area contributed by atoms with Gasteiger partial charge in [-0.2, -0.15) is 0 Å². The lowest BCUT2D eigenvalue weighted by molar-refractivity contribution is -0.138. The highest BCUT2D eigenvalue weighted by molar-refractivity contribution is 7.91. The minimum atomic E-state index is -3.19. The molecule has 2 heterocycles. The van der Waals surface area contributed by atoms with Crippen molar-refractivity contribution in [1.82, 2.24) is 9.80 Å². The summed E-state index contributed by atoms with van der Waals surface area (Å²) in [7, 11) is -1.66. The molecule has 2 aliphatic heterocycles. The van der Waals surface area contributed by atoms with Crippen molar-refractivity contribution in [3.8, 4) is 5.75 Å². The van der Waals surface area contributed by atoms with Gasteiger partial charge >= 0.3 is 0 Å². The molecule has 1 saturated carbocycles. The second kappa shape index (κ2) is 6.49. The second-order valence-corrected chi connectivity index (χ2v) is 9.60. The van der Waals surface area contributed by atoms with Gasteiger partial charge in [-0.15, -0.1) is 0 Å². The molecule has 0 radical (unpaired) electrons. The summed E-state index contributed by atoms with van der Waals surface area (Å²) in [4.78, 5) is 16.4. The first-order valence-corrected chi connectivity index (χ1v) is 10.8. The van der Waals surface area contributed by atoms with Gasteiger partial charge in [-0.05, 0) is 31.0 Å². The first-order valence-electron chi connectivity index (χ1n) is 8.95. The molecule has 26 heavy (non-hydrogen) atoms. The predicted molar refractivity (Wildman–Crippen MR) is 94.0 cm³/mol. The van der Waals surface area contributed by atoms with Crippen molar-refractivity contribution in [3.63, 3.8) is 0 Å². The van der Waals surface area contributed by atoms with E-state index in [1.54, 1.807) is 11.0 Å². The number of halogens is 1. The molecular weight excluding hydrogens is 359 g/mol. The van der Waals surface area contributed by atoms with Crippen LogP contribution in [0.1, 0.15) is 18.4 Å². The first-order chi connectivity index (χ1) is 12.4. The minimum absolute atomic E-state index is 0.0207. The van der Waals surface area contributed by atoms with E-state index in [-0.39, 0.29) is 41.2 Å². The van der Waals surface area contributed by atoms with Crippen LogP contribution in [0.2, 0.25) is 0 Å². The molecule has 0 aromatic heterocycles. The Labute approximate surface area is 152 Å². The molecule has 1 aromatic rings. The fourth-order valence-electron chi connectivity index (χ4n) is 4.15. The SMILES string of the molecule is COc1ccc(F)cc1CN1CCN(C(=O)C2CC2)C2CS(=O)(=O)CC21. The van der Waals surface area contributed by atoms with Crippen LogP contribution in [0.5, 0.6) is 5.75 Å². The highest BCUT2D eigenvalue weighted by atomic mass is 32.2. The number of piperazine rings is 1. The Balaban J connectivity index is 1.59. The second-order valence-electron chi connectivity index (χ2n) is 7.44. The molecule has 1 amide bonds. The van der Waals surface area contributed by atoms with Crippen molar-refractivity contribution in [1.29, 1.82) is 0 Å². The standard InChI is InChI=1S/C18H23FN2O4S/c1-25-17-5-4-14(19)8-13(17)9-20-6-7-21(18(22)12-2-3-12)16-11-26(23,24)10-15(16)20/h4-5,8,12,15-16H,2-3,6-7,9-11H2,1H3. The lowest BCUT2D eigenvalue weighted by Crippen LogP contribution is -2.60. The van der Waals surface area contributed by atoms with E-state index >= 15 is 0 Å². The number of nitrogens with zero attached hydrogens (tertiary/aromatic N) is 2. The molecule has 1 aliphatic carbocycles. The summed E-state index contributed by atoms with van der Waals surface area (Å²) >= 11 is 0. The maximum absolute atomic E-state index is 13.7. The number of fused-ring (bicyclic) bond motifs is 1. The molecule has 0 N–H and O–H groups in total. The Hall–Kier alpha value is -1.67. The van der Waals surface area contributed by atoms with E-state index in [4.69, 9.17) is 4.74 Å². The van der Waals surface area contributed by atoms with Crippen LogP contribution in [0.15, 0.2) is 18.2 Å². The first kappa shape index (κ1) is 17.7. The van der Waals surface area contributed by atoms with Crippen LogP contribution in [0.4, 0.5) is 4.39 Å². The monoisotopic (exact) mass is 382 g/mol. The third-order valence-electron chi connectivity index (χ3n) is 5.62. The molecule has 0 bridgehead atoms. The molecule has 3 aliphatic rings. The third kappa shape index (κ3) is 3.32. The predicted octanol–water partition coefficient (Wildman–Crippen LogP) is 1.05. The van der Waals surface area contributed by atoms with Crippen LogP contribution in [0, 0.1) is 11.7 Å². The summed E-state index contributed by atoms with van der Waals surface area (Å²) in [5, 5.41) is 0. The number of carbonyl (C=O) groups is 1. The topological polar surface area (TPSA) is 66.9 Å². The fraction of sp³-hybridized carbons (Fsp3) is 0.611. The smallest absolute Gasteiger partial charge is 0.226 e. The summed E-state index contributed by atoms with van der Waals surface area (Å²) < 4.78 is 43.5. The summed E-state index contributed by atoms with van der Waals surface area (Å²) in [5.41, 5.74) is 0.692. The Bertz CT molecular complexity index is 824. The number of methoxy groups -OCH3 is 1. The van der Waals surface area contributed by atoms with Crippen LogP contribution >= 0.6 is 0 Å². The molecule has 142 valence electrons. The number of benzene rings is 1. The van der Waals surface area contributed by atoms with Crippen LogP contribution in [-0.4, -0.2) is 67.9 Å². The van der Waals surface area contributed by atoms with Gasteiger partial charge < -0.3 is 9.64 Å². The van der Waals surface area contributed by atoms with Crippen molar-refractivity contribution >= 4 is 15.7 Å². The van der Waals surface area contributed by atoms with Gasteiger partial charge in [0.2, 0.25) is 5.91 Å². The van der Waals surface area contributed by atoms with Crippen LogP contribution in [-0.2, 0) is 21.2 Å². The largest absolute Gasteiger partial charge is 0.496 e. The summed E-state index contributed by atoms with van der Waals surface area (Å²) in [6.07, 6.45) is 1.81. The van der Waals surface area contributed by atoms with E-state index < -0.39 is 9.84 Å². The molecule has 1 aromatic carbocycles. The lowest BCUT2D eigenvalue weighted by Gasteiger charge is -2.44. The van der Waals surface area contributed by atoms with Crippen LogP contribution in [0.3, 0.4) is 0 Å². The van der Waals surface area contributed by atoms with Crippen molar-refractivity contribution in [2.45, 2.75) is 31.5 Å². The normalized spacial score (nSPS) is 28.0. The highest BCUT2D eigenvalue weighted by Gasteiger charge is 2.49. The highest BCUT2D eigenvalue weighted by Crippen LogP contribution is 2.36. The zero-order valence-corrected chi connectivity index (χ0v) is 15.5. The number of ether oxygens (including phenoxy) is 1. The number of carbonyl (C=O) groups excluding carboxylic acids is 1. The van der Waals surface area contributed by atoms with Gasteiger partial charge in [0, 0.05) is 37.2 Å². The minimum Gasteiger partial charge on any atom is -0.496 e. The van der Waals surface area contributed by atoms with Gasteiger partial charge in [0.1, 0.15) is 11.6 Å². The quantitative estimate of drug-likeness (QED) is 0.779. The van der Waals surface area contributed by atoms with Gasteiger partial charge in [0.15, 0.2) is 9.84 Å². The zero-order valence-electron chi connectivity index (χ0n) is 14.7. The maximum atomic E-state index is 13.7. The van der Waals surface area contributed by atoms with Gasteiger partial charge in [-0.3, -0.25) is 9.69 Å². The number of sulfone groups is 1. The summed E-state index contributed by atoms with van der Waals surface area (Å²) in [6.45, 7) is 1.50. The number of hydrogen-bond acceptors (Lipinski definition) is 5. The lowest BCUT2D eigenvalue weighted by atomic mass is 10.0. The fourth-order valence-corrected chi connectivity index (χ4v) is 6.16. The van der Waals surface area contributed by atoms with Crippen molar-refractivity contribution in [3.05, 3.63) is 29.6 Å². The maximum Gasteiger partial charge on any atom is 0.226 e. The third-order valence-corrected chi connectivity index (χ3v) is 7.32. The molecule has 4 rings (SSSR count). The van der Waals surface area contributed by atoms with Crippen molar-refractivity contribution in [2.75, 3.05) is 31.7 Å². The molecule has 2 atom stereocenters. The molecule has 6 nitrogen and oxygen atoms in total. The van der Waals surface area contributed by atoms with E-state index in [1.165, 1.54) is 19.2 Å². The van der Waals surface area contributed by atoms with Crippen molar-refractivity contribution < 1.29 is 22.3 Å².